The largest absolute Gasteiger partial charge is 0.374 e. The minimum atomic E-state index is -0.568. The Balaban J connectivity index is 1.85. The summed E-state index contributed by atoms with van der Waals surface area (Å²) in [6.45, 7) is 5.23. The van der Waals surface area contributed by atoms with Crippen LogP contribution in [0.1, 0.15) is 31.4 Å². The van der Waals surface area contributed by atoms with Crippen molar-refractivity contribution in [2.24, 2.45) is 0 Å². The van der Waals surface area contributed by atoms with E-state index in [1.807, 2.05) is 13.8 Å². The van der Waals surface area contributed by atoms with E-state index < -0.39 is 11.8 Å². The number of fused-ring (bicyclic) bond motifs is 1. The molecule has 120 valence electrons. The van der Waals surface area contributed by atoms with Gasteiger partial charge in [-0.05, 0) is 50.3 Å². The van der Waals surface area contributed by atoms with E-state index in [2.05, 4.69) is 40.8 Å². The van der Waals surface area contributed by atoms with Gasteiger partial charge in [-0.3, -0.25) is 9.59 Å². The number of amides is 2. The molecule has 1 heterocycles. The fraction of sp³-hybridized carbons (Fsp3) is 0.529. The molecule has 0 saturated carbocycles. The summed E-state index contributed by atoms with van der Waals surface area (Å²) in [4.78, 5) is 25.4. The van der Waals surface area contributed by atoms with Gasteiger partial charge >= 0.3 is 11.8 Å². The molecule has 0 unspecified atom stereocenters. The molecule has 0 radical (unpaired) electrons. The summed E-state index contributed by atoms with van der Waals surface area (Å²) in [5.74, 6) is -1.13. The van der Waals surface area contributed by atoms with Crippen LogP contribution in [0.2, 0.25) is 0 Å². The summed E-state index contributed by atoms with van der Waals surface area (Å²) in [6.07, 6.45) is 3.02. The van der Waals surface area contributed by atoms with Crippen LogP contribution in [0.15, 0.2) is 18.2 Å². The van der Waals surface area contributed by atoms with Gasteiger partial charge in [-0.25, -0.2) is 0 Å². The van der Waals surface area contributed by atoms with Crippen molar-refractivity contribution in [1.82, 2.24) is 10.6 Å². The SMILES string of the molecule is CC(C)NC(=O)C(=O)NCCc1ccc2c(c1)CCCN2C. The number of benzene rings is 1. The molecular formula is C17H25N3O2. The number of hydrogen-bond acceptors (Lipinski definition) is 3. The van der Waals surface area contributed by atoms with Gasteiger partial charge in [-0.2, -0.15) is 0 Å². The van der Waals surface area contributed by atoms with Gasteiger partial charge in [0.05, 0.1) is 0 Å². The second-order valence-electron chi connectivity index (χ2n) is 6.12. The highest BCUT2D eigenvalue weighted by atomic mass is 16.2. The second-order valence-corrected chi connectivity index (χ2v) is 6.12. The molecule has 0 aliphatic carbocycles. The molecule has 0 saturated heterocycles. The summed E-state index contributed by atoms with van der Waals surface area (Å²) < 4.78 is 0. The molecule has 0 spiro atoms. The monoisotopic (exact) mass is 303 g/mol. The summed E-state index contributed by atoms with van der Waals surface area (Å²) >= 11 is 0. The minimum absolute atomic E-state index is 0.0316. The van der Waals surface area contributed by atoms with Crippen LogP contribution in [0.4, 0.5) is 5.69 Å². The van der Waals surface area contributed by atoms with Crippen LogP contribution in [-0.2, 0) is 22.4 Å². The Kier molecular flexibility index (Phi) is 5.41. The van der Waals surface area contributed by atoms with E-state index in [0.29, 0.717) is 6.54 Å². The highest BCUT2D eigenvalue weighted by molar-refractivity contribution is 6.35. The Morgan fingerprint density at radius 2 is 2.05 bits per heavy atom. The van der Waals surface area contributed by atoms with Gasteiger partial charge < -0.3 is 15.5 Å². The maximum absolute atomic E-state index is 11.6. The van der Waals surface area contributed by atoms with E-state index in [1.54, 1.807) is 0 Å². The number of carbonyl (C=O) groups excluding carboxylic acids is 2. The topological polar surface area (TPSA) is 61.4 Å². The fourth-order valence-corrected chi connectivity index (χ4v) is 2.72. The first-order valence-corrected chi connectivity index (χ1v) is 7.89. The van der Waals surface area contributed by atoms with E-state index in [1.165, 1.54) is 23.2 Å². The van der Waals surface area contributed by atoms with Gasteiger partial charge in [0.1, 0.15) is 0 Å². The van der Waals surface area contributed by atoms with Crippen molar-refractivity contribution in [3.63, 3.8) is 0 Å². The van der Waals surface area contributed by atoms with Gasteiger partial charge in [0.15, 0.2) is 0 Å². The van der Waals surface area contributed by atoms with Gasteiger partial charge in [0.25, 0.3) is 0 Å². The van der Waals surface area contributed by atoms with Crippen molar-refractivity contribution in [3.05, 3.63) is 29.3 Å². The Labute approximate surface area is 132 Å². The zero-order valence-electron chi connectivity index (χ0n) is 13.6. The van der Waals surface area contributed by atoms with Crippen LogP contribution in [0, 0.1) is 0 Å². The molecule has 2 amide bonds. The Bertz CT molecular complexity index is 555. The van der Waals surface area contributed by atoms with Crippen molar-refractivity contribution >= 4 is 17.5 Å². The lowest BCUT2D eigenvalue weighted by Gasteiger charge is -2.27. The van der Waals surface area contributed by atoms with Crippen LogP contribution in [0.25, 0.3) is 0 Å². The molecule has 0 aromatic heterocycles. The molecule has 0 atom stereocenters. The number of aryl methyl sites for hydroxylation is 1. The molecule has 2 rings (SSSR count). The first kappa shape index (κ1) is 16.3. The zero-order chi connectivity index (χ0) is 16.1. The van der Waals surface area contributed by atoms with Crippen molar-refractivity contribution in [2.45, 2.75) is 39.2 Å². The fourth-order valence-electron chi connectivity index (χ4n) is 2.72. The van der Waals surface area contributed by atoms with E-state index in [9.17, 15) is 9.59 Å². The van der Waals surface area contributed by atoms with Gasteiger partial charge in [-0.1, -0.05) is 12.1 Å². The highest BCUT2D eigenvalue weighted by Crippen LogP contribution is 2.26. The molecule has 1 aromatic rings. The van der Waals surface area contributed by atoms with Gasteiger partial charge in [0.2, 0.25) is 0 Å². The van der Waals surface area contributed by atoms with Crippen molar-refractivity contribution < 1.29 is 9.59 Å². The molecule has 1 aliphatic rings. The van der Waals surface area contributed by atoms with Crippen LogP contribution in [0.5, 0.6) is 0 Å². The zero-order valence-corrected chi connectivity index (χ0v) is 13.6. The van der Waals surface area contributed by atoms with Gasteiger partial charge in [-0.15, -0.1) is 0 Å². The van der Waals surface area contributed by atoms with Gasteiger partial charge in [0, 0.05) is 31.9 Å². The third kappa shape index (κ3) is 4.23. The first-order chi connectivity index (χ1) is 10.5. The molecule has 22 heavy (non-hydrogen) atoms. The molecule has 1 aromatic carbocycles. The molecule has 1 aliphatic heterocycles. The van der Waals surface area contributed by atoms with Crippen LogP contribution in [0.3, 0.4) is 0 Å². The standard InChI is InChI=1S/C17H25N3O2/c1-12(2)19-17(22)16(21)18-9-8-13-6-7-15-14(11-13)5-4-10-20(15)3/h6-7,11-12H,4-5,8-10H2,1-3H3,(H,18,21)(H,19,22). The maximum atomic E-state index is 11.6. The van der Waals surface area contributed by atoms with Crippen molar-refractivity contribution in [3.8, 4) is 0 Å². The number of nitrogens with zero attached hydrogens (tertiary/aromatic N) is 1. The predicted molar refractivity (Wildman–Crippen MR) is 88.0 cm³/mol. The van der Waals surface area contributed by atoms with Crippen LogP contribution >= 0.6 is 0 Å². The normalized spacial score (nSPS) is 13.7. The van der Waals surface area contributed by atoms with Crippen LogP contribution in [-0.4, -0.2) is 38.0 Å². The predicted octanol–water partition coefficient (Wildman–Crippen LogP) is 1.25. The third-order valence-electron chi connectivity index (χ3n) is 3.82. The lowest BCUT2D eigenvalue weighted by atomic mass is 9.98. The number of rotatable bonds is 4. The van der Waals surface area contributed by atoms with Crippen molar-refractivity contribution in [2.75, 3.05) is 25.0 Å². The average molecular weight is 303 g/mol. The first-order valence-electron chi connectivity index (χ1n) is 7.89. The summed E-state index contributed by atoms with van der Waals surface area (Å²) in [5.41, 5.74) is 3.86. The third-order valence-corrected chi connectivity index (χ3v) is 3.82. The van der Waals surface area contributed by atoms with E-state index >= 15 is 0 Å². The number of nitrogens with one attached hydrogen (secondary N) is 2. The Hall–Kier alpha value is -2.04. The highest BCUT2D eigenvalue weighted by Gasteiger charge is 2.15. The smallest absolute Gasteiger partial charge is 0.309 e. The quantitative estimate of drug-likeness (QED) is 0.823. The molecule has 5 heteroatoms. The second kappa shape index (κ2) is 7.29. The maximum Gasteiger partial charge on any atom is 0.309 e. The Morgan fingerprint density at radius 3 is 2.77 bits per heavy atom. The average Bonchev–Trinajstić information content (AvgIpc) is 2.46. The van der Waals surface area contributed by atoms with Crippen molar-refractivity contribution in [1.29, 1.82) is 0 Å². The summed E-state index contributed by atoms with van der Waals surface area (Å²) in [5, 5.41) is 5.24. The number of hydrogen-bond donors (Lipinski definition) is 2. The molecule has 0 bridgehead atoms. The van der Waals surface area contributed by atoms with E-state index in [4.69, 9.17) is 0 Å². The summed E-state index contributed by atoms with van der Waals surface area (Å²) in [6, 6.07) is 6.43. The lowest BCUT2D eigenvalue weighted by Crippen LogP contribution is -2.43. The minimum Gasteiger partial charge on any atom is -0.374 e. The lowest BCUT2D eigenvalue weighted by molar-refractivity contribution is -0.139. The molecular weight excluding hydrogens is 278 g/mol. The molecule has 0 fully saturated rings. The summed E-state index contributed by atoms with van der Waals surface area (Å²) in [7, 11) is 2.12. The molecule has 2 N–H and O–H groups in total. The number of carbonyl (C=O) groups is 2. The number of anilines is 1. The molecule has 5 nitrogen and oxygen atoms in total. The Morgan fingerprint density at radius 1 is 1.27 bits per heavy atom. The van der Waals surface area contributed by atoms with Crippen LogP contribution < -0.4 is 15.5 Å². The van der Waals surface area contributed by atoms with E-state index in [-0.39, 0.29) is 6.04 Å². The van der Waals surface area contributed by atoms with E-state index in [0.717, 1.165) is 19.4 Å².